The van der Waals surface area contributed by atoms with Crippen LogP contribution in [0.25, 0.3) is 11.0 Å². The second kappa shape index (κ2) is 3.45. The predicted octanol–water partition coefficient (Wildman–Crippen LogP) is 3.43. The van der Waals surface area contributed by atoms with Crippen LogP contribution in [0.2, 0.25) is 0 Å². The summed E-state index contributed by atoms with van der Waals surface area (Å²) in [5, 5.41) is 0. The topological polar surface area (TPSA) is 17.8 Å². The Bertz CT molecular complexity index is 421. The molecule has 2 nitrogen and oxygen atoms in total. The van der Waals surface area contributed by atoms with Gasteiger partial charge in [-0.3, -0.25) is 0 Å². The Kier molecular flexibility index (Phi) is 2.65. The molecule has 0 unspecified atom stereocenters. The molecule has 1 heterocycles. The number of fused-ring (bicyclic) bond motifs is 1. The third-order valence-electron chi connectivity index (χ3n) is 2.18. The van der Waals surface area contributed by atoms with Crippen molar-refractivity contribution < 1.29 is 0 Å². The zero-order chi connectivity index (χ0) is 9.47. The molecule has 0 bridgehead atoms. The van der Waals surface area contributed by atoms with Crippen molar-refractivity contribution in [2.75, 3.05) is 0 Å². The maximum Gasteiger partial charge on any atom is 0.0963 e. The summed E-state index contributed by atoms with van der Waals surface area (Å²) in [5.41, 5.74) is 2.38. The van der Waals surface area contributed by atoms with Crippen molar-refractivity contribution in [2.45, 2.75) is 33.7 Å². The van der Waals surface area contributed by atoms with Gasteiger partial charge in [-0.05, 0) is 32.9 Å². The number of rotatable bonds is 0. The molecule has 0 fully saturated rings. The minimum Gasteiger partial charge on any atom is -0.325 e. The molecule has 0 aliphatic carbocycles. The van der Waals surface area contributed by atoms with E-state index in [1.165, 1.54) is 5.52 Å². The minimum atomic E-state index is 0. The lowest BCUT2D eigenvalue weighted by molar-refractivity contribution is 0.408. The van der Waals surface area contributed by atoms with E-state index in [4.69, 9.17) is 0 Å². The van der Waals surface area contributed by atoms with Gasteiger partial charge in [0.1, 0.15) is 0 Å². The molecule has 1 aromatic carbocycles. The monoisotopic (exact) mass is 190 g/mol. The first-order valence-electron chi connectivity index (χ1n) is 4.51. The average Bonchev–Trinajstić information content (AvgIpc) is 2.45. The lowest BCUT2D eigenvalue weighted by Crippen LogP contribution is -2.20. The van der Waals surface area contributed by atoms with Gasteiger partial charge >= 0.3 is 0 Å². The van der Waals surface area contributed by atoms with Gasteiger partial charge in [-0.1, -0.05) is 19.6 Å². The Balaban J connectivity index is 0.000000980. The molecule has 0 aliphatic rings. The largest absolute Gasteiger partial charge is 0.325 e. The second-order valence-electron chi connectivity index (χ2n) is 4.27. The summed E-state index contributed by atoms with van der Waals surface area (Å²) in [6, 6.07) is 8.21. The predicted molar refractivity (Wildman–Crippen MR) is 61.5 cm³/mol. The quantitative estimate of drug-likeness (QED) is 0.622. The van der Waals surface area contributed by atoms with E-state index >= 15 is 0 Å². The molecule has 2 aromatic rings. The number of aromatic nitrogens is 2. The smallest absolute Gasteiger partial charge is 0.0963 e. The van der Waals surface area contributed by atoms with Crippen LogP contribution >= 0.6 is 0 Å². The van der Waals surface area contributed by atoms with Crippen molar-refractivity contribution in [1.29, 1.82) is 0 Å². The molecule has 0 atom stereocenters. The van der Waals surface area contributed by atoms with Crippen molar-refractivity contribution in [2.24, 2.45) is 0 Å². The first kappa shape index (κ1) is 10.8. The molecule has 0 spiro atoms. The van der Waals surface area contributed by atoms with Crippen LogP contribution in [0.5, 0.6) is 0 Å². The zero-order valence-corrected chi connectivity index (χ0v) is 8.28. The van der Waals surface area contributed by atoms with Crippen LogP contribution in [0.15, 0.2) is 30.6 Å². The molecule has 0 N–H and O–H groups in total. The maximum absolute atomic E-state index is 4.35. The Labute approximate surface area is 85.6 Å². The molecular weight excluding hydrogens is 172 g/mol. The fourth-order valence-electron chi connectivity index (χ4n) is 1.49. The highest BCUT2D eigenvalue weighted by molar-refractivity contribution is 5.75. The van der Waals surface area contributed by atoms with E-state index in [1.54, 1.807) is 0 Å². The van der Waals surface area contributed by atoms with Crippen LogP contribution in [-0.4, -0.2) is 9.55 Å². The fourth-order valence-corrected chi connectivity index (χ4v) is 1.49. The van der Waals surface area contributed by atoms with E-state index in [9.17, 15) is 0 Å². The van der Waals surface area contributed by atoms with Crippen LogP contribution in [0.3, 0.4) is 0 Å². The number of hydrogen-bond donors (Lipinski definition) is 0. The molecule has 1 aromatic heterocycles. The van der Waals surface area contributed by atoms with E-state index in [2.05, 4.69) is 36.4 Å². The van der Waals surface area contributed by atoms with Crippen LogP contribution in [-0.2, 0) is 5.54 Å². The number of nitrogens with zero attached hydrogens (tertiary/aromatic N) is 2. The highest BCUT2D eigenvalue weighted by Gasteiger charge is 2.14. The lowest BCUT2D eigenvalue weighted by Gasteiger charge is -2.21. The van der Waals surface area contributed by atoms with E-state index in [0.29, 0.717) is 0 Å². The Hall–Kier alpha value is -1.31. The van der Waals surface area contributed by atoms with Crippen molar-refractivity contribution in [3.63, 3.8) is 0 Å². The standard InChI is InChI=1S/C11H14N2.CH4/c1-11(2,3)13-8-12-9-6-4-5-7-10(9)13;/h4-8H,1-3H3;1H4. The molecule has 76 valence electrons. The number of imidazole rings is 1. The van der Waals surface area contributed by atoms with Crippen LogP contribution in [0.4, 0.5) is 0 Å². The Morgan fingerprint density at radius 1 is 1.14 bits per heavy atom. The van der Waals surface area contributed by atoms with Gasteiger partial charge in [0.05, 0.1) is 17.4 Å². The summed E-state index contributed by atoms with van der Waals surface area (Å²) in [4.78, 5) is 4.35. The highest BCUT2D eigenvalue weighted by atomic mass is 15.1. The summed E-state index contributed by atoms with van der Waals surface area (Å²) < 4.78 is 2.20. The first-order valence-corrected chi connectivity index (χ1v) is 4.51. The molecular formula is C12H18N2. The SMILES string of the molecule is C.CC(C)(C)n1cnc2ccccc21. The van der Waals surface area contributed by atoms with E-state index < -0.39 is 0 Å². The maximum atomic E-state index is 4.35. The number of hydrogen-bond acceptors (Lipinski definition) is 1. The molecule has 0 aliphatic heterocycles. The number of benzene rings is 1. The minimum absolute atomic E-state index is 0. The van der Waals surface area contributed by atoms with Crippen molar-refractivity contribution in [3.05, 3.63) is 30.6 Å². The van der Waals surface area contributed by atoms with E-state index in [-0.39, 0.29) is 13.0 Å². The Morgan fingerprint density at radius 2 is 1.79 bits per heavy atom. The average molecular weight is 190 g/mol. The Morgan fingerprint density at radius 3 is 2.43 bits per heavy atom. The van der Waals surface area contributed by atoms with E-state index in [1.807, 2.05) is 24.5 Å². The van der Waals surface area contributed by atoms with Gasteiger partial charge in [0.25, 0.3) is 0 Å². The molecule has 0 saturated carbocycles. The summed E-state index contributed by atoms with van der Waals surface area (Å²) in [5.74, 6) is 0. The first-order chi connectivity index (χ1) is 6.09. The van der Waals surface area contributed by atoms with Gasteiger partial charge < -0.3 is 4.57 Å². The molecule has 2 rings (SSSR count). The van der Waals surface area contributed by atoms with E-state index in [0.717, 1.165) is 5.52 Å². The summed E-state index contributed by atoms with van der Waals surface area (Å²) in [6.45, 7) is 6.54. The van der Waals surface area contributed by atoms with Crippen molar-refractivity contribution in [3.8, 4) is 0 Å². The number of para-hydroxylation sites is 2. The van der Waals surface area contributed by atoms with Gasteiger partial charge in [0.2, 0.25) is 0 Å². The van der Waals surface area contributed by atoms with Crippen LogP contribution < -0.4 is 0 Å². The molecule has 14 heavy (non-hydrogen) atoms. The van der Waals surface area contributed by atoms with Gasteiger partial charge in [-0.25, -0.2) is 4.98 Å². The van der Waals surface area contributed by atoms with Gasteiger partial charge in [-0.2, -0.15) is 0 Å². The third kappa shape index (κ3) is 1.65. The normalized spacial score (nSPS) is 11.4. The summed E-state index contributed by atoms with van der Waals surface area (Å²) >= 11 is 0. The second-order valence-corrected chi connectivity index (χ2v) is 4.27. The molecule has 0 radical (unpaired) electrons. The van der Waals surface area contributed by atoms with Gasteiger partial charge in [-0.15, -0.1) is 0 Å². The summed E-state index contributed by atoms with van der Waals surface area (Å²) in [7, 11) is 0. The highest BCUT2D eigenvalue weighted by Crippen LogP contribution is 2.20. The van der Waals surface area contributed by atoms with Gasteiger partial charge in [0, 0.05) is 5.54 Å². The zero-order valence-electron chi connectivity index (χ0n) is 8.28. The fraction of sp³-hybridized carbons (Fsp3) is 0.417. The lowest BCUT2D eigenvalue weighted by atomic mass is 10.1. The van der Waals surface area contributed by atoms with Crippen LogP contribution in [0, 0.1) is 0 Å². The molecule has 0 saturated heterocycles. The van der Waals surface area contributed by atoms with Crippen molar-refractivity contribution >= 4 is 11.0 Å². The molecule has 0 amide bonds. The van der Waals surface area contributed by atoms with Gasteiger partial charge in [0.15, 0.2) is 0 Å². The van der Waals surface area contributed by atoms with Crippen LogP contribution in [0.1, 0.15) is 28.2 Å². The summed E-state index contributed by atoms with van der Waals surface area (Å²) in [6.07, 6.45) is 1.91. The molecule has 2 heteroatoms. The van der Waals surface area contributed by atoms with Crippen molar-refractivity contribution in [1.82, 2.24) is 9.55 Å². The third-order valence-corrected chi connectivity index (χ3v) is 2.18.